The zero-order valence-electron chi connectivity index (χ0n) is 18.2. The Morgan fingerprint density at radius 1 is 0.967 bits per heavy atom. The molecule has 1 aliphatic rings. The molecule has 3 rings (SSSR count). The van der Waals surface area contributed by atoms with Crippen LogP contribution in [0.2, 0.25) is 0 Å². The van der Waals surface area contributed by atoms with E-state index < -0.39 is 17.4 Å². The van der Waals surface area contributed by atoms with Crippen molar-refractivity contribution in [3.05, 3.63) is 42.0 Å². The second-order valence-corrected chi connectivity index (χ2v) is 9.66. The second kappa shape index (κ2) is 8.84. The summed E-state index contributed by atoms with van der Waals surface area (Å²) in [5, 5.41) is 14.7. The molecule has 1 amide bonds. The maximum absolute atomic E-state index is 13.0. The predicted octanol–water partition coefficient (Wildman–Crippen LogP) is 5.27. The van der Waals surface area contributed by atoms with Crippen LogP contribution in [0.15, 0.2) is 36.4 Å². The number of halogens is 1. The van der Waals surface area contributed by atoms with Crippen molar-refractivity contribution in [2.24, 2.45) is 17.3 Å². The minimum atomic E-state index is -1.32. The molecule has 0 aromatic heterocycles. The van der Waals surface area contributed by atoms with Gasteiger partial charge in [0.1, 0.15) is 5.54 Å². The fraction of sp³-hybridized carbons (Fsp3) is 0.500. The molecule has 0 spiro atoms. The van der Waals surface area contributed by atoms with Crippen molar-refractivity contribution in [2.75, 3.05) is 5.73 Å². The van der Waals surface area contributed by atoms with Crippen molar-refractivity contribution >= 4 is 40.7 Å². The predicted molar refractivity (Wildman–Crippen MR) is 124 cm³/mol. The number of hydrogen-bond acceptors (Lipinski definition) is 3. The molecule has 6 heteroatoms. The molecule has 0 unspecified atom stereocenters. The van der Waals surface area contributed by atoms with Gasteiger partial charge in [0, 0.05) is 5.69 Å². The Bertz CT molecular complexity index is 930. The van der Waals surface area contributed by atoms with Crippen LogP contribution in [0.4, 0.5) is 5.69 Å². The van der Waals surface area contributed by atoms with Gasteiger partial charge in [0.25, 0.3) is 5.91 Å². The van der Waals surface area contributed by atoms with Crippen molar-refractivity contribution in [1.82, 2.24) is 5.32 Å². The number of nitrogen functional groups attached to an aromatic ring is 1. The molecule has 1 fully saturated rings. The number of carboxylic acids is 1. The summed E-state index contributed by atoms with van der Waals surface area (Å²) >= 11 is 0. The molecule has 4 N–H and O–H groups in total. The molecule has 0 radical (unpaired) electrons. The third-order valence-corrected chi connectivity index (χ3v) is 6.75. The summed E-state index contributed by atoms with van der Waals surface area (Å²) in [6, 6.07) is 11.2. The van der Waals surface area contributed by atoms with E-state index in [0.29, 0.717) is 17.2 Å². The average Bonchev–Trinajstić information content (AvgIpc) is 2.66. The van der Waals surface area contributed by atoms with Gasteiger partial charge in [-0.1, -0.05) is 45.0 Å². The van der Waals surface area contributed by atoms with Crippen LogP contribution in [0, 0.1) is 17.3 Å². The highest BCUT2D eigenvalue weighted by Gasteiger charge is 2.45. The average molecular weight is 433 g/mol. The molecule has 2 aromatic rings. The zero-order valence-corrected chi connectivity index (χ0v) is 19.0. The van der Waals surface area contributed by atoms with Crippen molar-refractivity contribution in [1.29, 1.82) is 0 Å². The number of anilines is 1. The van der Waals surface area contributed by atoms with Crippen LogP contribution < -0.4 is 11.1 Å². The lowest BCUT2D eigenvalue weighted by molar-refractivity contribution is -0.147. The van der Waals surface area contributed by atoms with Gasteiger partial charge in [0.2, 0.25) is 0 Å². The van der Waals surface area contributed by atoms with Crippen molar-refractivity contribution in [3.8, 4) is 0 Å². The lowest BCUT2D eigenvalue weighted by atomic mass is 9.66. The van der Waals surface area contributed by atoms with Crippen LogP contribution in [0.1, 0.15) is 63.7 Å². The number of hydrogen-bond donors (Lipinski definition) is 3. The molecular formula is C24H33ClN2O3. The van der Waals surface area contributed by atoms with Crippen LogP contribution in [0.5, 0.6) is 0 Å². The van der Waals surface area contributed by atoms with E-state index in [1.807, 2.05) is 24.3 Å². The van der Waals surface area contributed by atoms with Crippen LogP contribution >= 0.6 is 12.4 Å². The van der Waals surface area contributed by atoms with Gasteiger partial charge >= 0.3 is 5.97 Å². The number of rotatable bonds is 4. The first kappa shape index (κ1) is 24.0. The Balaban J connectivity index is 0.00000320. The Labute approximate surface area is 184 Å². The van der Waals surface area contributed by atoms with Gasteiger partial charge in [0.05, 0.1) is 5.56 Å². The Kier molecular flexibility index (Phi) is 7.08. The highest BCUT2D eigenvalue weighted by Crippen LogP contribution is 2.43. The molecule has 1 atom stereocenters. The summed E-state index contributed by atoms with van der Waals surface area (Å²) in [7, 11) is 0. The van der Waals surface area contributed by atoms with Crippen LogP contribution in [0.3, 0.4) is 0 Å². The molecule has 1 saturated carbocycles. The second-order valence-electron chi connectivity index (χ2n) is 9.66. The highest BCUT2D eigenvalue weighted by molar-refractivity contribution is 6.05. The third kappa shape index (κ3) is 4.72. The van der Waals surface area contributed by atoms with E-state index in [1.165, 1.54) is 0 Å². The minimum Gasteiger partial charge on any atom is -0.480 e. The molecule has 5 nitrogen and oxygen atoms in total. The molecule has 2 aromatic carbocycles. The number of nitrogens with two attached hydrogens (primary N) is 1. The van der Waals surface area contributed by atoms with Crippen LogP contribution in [0.25, 0.3) is 10.8 Å². The number of nitrogens with one attached hydrogen (secondary N) is 1. The SMILES string of the molecule is CC(C)(C)[C@H]1CC[C@H]([C@](C)(NC(=O)c2cc3ccccc3cc2N)C(=O)O)CC1.Cl. The van der Waals surface area contributed by atoms with E-state index in [4.69, 9.17) is 5.73 Å². The molecule has 0 bridgehead atoms. The first-order valence-corrected chi connectivity index (χ1v) is 10.4. The number of benzene rings is 2. The molecule has 30 heavy (non-hydrogen) atoms. The van der Waals surface area contributed by atoms with Gasteiger partial charge in [-0.25, -0.2) is 4.79 Å². The number of aliphatic carboxylic acids is 1. The Hall–Kier alpha value is -2.27. The van der Waals surface area contributed by atoms with Gasteiger partial charge < -0.3 is 16.2 Å². The quantitative estimate of drug-likeness (QED) is 0.574. The largest absolute Gasteiger partial charge is 0.480 e. The summed E-state index contributed by atoms with van der Waals surface area (Å²) in [4.78, 5) is 25.3. The summed E-state index contributed by atoms with van der Waals surface area (Å²) in [5.41, 5.74) is 5.68. The minimum absolute atomic E-state index is 0. The van der Waals surface area contributed by atoms with Gasteiger partial charge in [-0.3, -0.25) is 4.79 Å². The molecular weight excluding hydrogens is 400 g/mol. The Morgan fingerprint density at radius 3 is 1.97 bits per heavy atom. The van der Waals surface area contributed by atoms with Gasteiger partial charge in [-0.15, -0.1) is 12.4 Å². The summed E-state index contributed by atoms with van der Waals surface area (Å²) < 4.78 is 0. The summed E-state index contributed by atoms with van der Waals surface area (Å²) in [6.07, 6.45) is 3.53. The zero-order chi connectivity index (χ0) is 21.4. The van der Waals surface area contributed by atoms with E-state index >= 15 is 0 Å². The number of amides is 1. The molecule has 0 heterocycles. The van der Waals surface area contributed by atoms with E-state index in [-0.39, 0.29) is 23.7 Å². The number of fused-ring (bicyclic) bond motifs is 1. The van der Waals surface area contributed by atoms with Gasteiger partial charge in [-0.2, -0.15) is 0 Å². The van der Waals surface area contributed by atoms with E-state index in [0.717, 1.165) is 36.5 Å². The number of carbonyl (C=O) groups excluding carboxylic acids is 1. The first-order valence-electron chi connectivity index (χ1n) is 10.4. The monoisotopic (exact) mass is 432 g/mol. The van der Waals surface area contributed by atoms with Crippen molar-refractivity contribution in [3.63, 3.8) is 0 Å². The van der Waals surface area contributed by atoms with Crippen molar-refractivity contribution < 1.29 is 14.7 Å². The summed E-state index contributed by atoms with van der Waals surface area (Å²) in [5.74, 6) is -0.964. The van der Waals surface area contributed by atoms with Crippen LogP contribution in [-0.2, 0) is 4.79 Å². The smallest absolute Gasteiger partial charge is 0.329 e. The van der Waals surface area contributed by atoms with Crippen LogP contribution in [-0.4, -0.2) is 22.5 Å². The molecule has 0 saturated heterocycles. The fourth-order valence-electron chi connectivity index (χ4n) is 4.62. The normalized spacial score (nSPS) is 21.3. The third-order valence-electron chi connectivity index (χ3n) is 6.75. The highest BCUT2D eigenvalue weighted by atomic mass is 35.5. The van der Waals surface area contributed by atoms with E-state index in [1.54, 1.807) is 19.1 Å². The van der Waals surface area contributed by atoms with Gasteiger partial charge in [-0.05, 0) is 72.8 Å². The maximum Gasteiger partial charge on any atom is 0.329 e. The fourth-order valence-corrected chi connectivity index (χ4v) is 4.62. The molecule has 1 aliphatic carbocycles. The Morgan fingerprint density at radius 2 is 1.47 bits per heavy atom. The summed E-state index contributed by atoms with van der Waals surface area (Å²) in [6.45, 7) is 8.34. The molecule has 164 valence electrons. The van der Waals surface area contributed by atoms with E-state index in [9.17, 15) is 14.7 Å². The van der Waals surface area contributed by atoms with Crippen molar-refractivity contribution in [2.45, 2.75) is 58.9 Å². The molecule has 0 aliphatic heterocycles. The topological polar surface area (TPSA) is 92.4 Å². The number of carboxylic acid groups (broad SMARTS) is 1. The lowest BCUT2D eigenvalue weighted by Crippen LogP contribution is -2.58. The maximum atomic E-state index is 13.0. The lowest BCUT2D eigenvalue weighted by Gasteiger charge is -2.42. The number of carbonyl (C=O) groups is 2. The first-order chi connectivity index (χ1) is 13.5. The van der Waals surface area contributed by atoms with Gasteiger partial charge in [0.15, 0.2) is 0 Å². The standard InChI is InChI=1S/C24H32N2O3.ClH/c1-23(2,3)17-9-11-18(12-10-17)24(4,22(28)29)26-21(27)19-13-15-7-5-6-8-16(15)14-20(19)25;/h5-8,13-14,17-18H,9-12,25H2,1-4H3,(H,26,27)(H,28,29);1H/t17-,18-,24-;/m0./s1. The van der Waals surface area contributed by atoms with E-state index in [2.05, 4.69) is 26.1 Å².